The average Bonchev–Trinajstić information content (AvgIpc) is 2.66. The Balaban J connectivity index is 1.44. The fourth-order valence-corrected chi connectivity index (χ4v) is 4.98. The zero-order valence-electron chi connectivity index (χ0n) is 16.1. The van der Waals surface area contributed by atoms with Gasteiger partial charge in [-0.25, -0.2) is 0 Å². The first-order valence-corrected chi connectivity index (χ1v) is 10.4. The molecule has 2 fully saturated rings. The Labute approximate surface area is 160 Å². The Morgan fingerprint density at radius 2 is 1.41 bits per heavy atom. The molecule has 2 aliphatic carbocycles. The molecule has 2 aliphatic rings. The second-order valence-corrected chi connectivity index (χ2v) is 8.17. The van der Waals surface area contributed by atoms with Gasteiger partial charge in [-0.3, -0.25) is 0 Å². The Morgan fingerprint density at radius 3 is 1.93 bits per heavy atom. The number of alkyl halides is 3. The molecule has 0 bridgehead atoms. The van der Waals surface area contributed by atoms with Crippen LogP contribution in [0.3, 0.4) is 0 Å². The fraction of sp³-hybridized carbons (Fsp3) is 0.727. The van der Waals surface area contributed by atoms with Crippen molar-refractivity contribution in [1.82, 2.24) is 0 Å². The molecule has 0 aliphatic heterocycles. The van der Waals surface area contributed by atoms with Gasteiger partial charge in [0.05, 0.1) is 0 Å². The van der Waals surface area contributed by atoms with Crippen molar-refractivity contribution in [3.63, 3.8) is 0 Å². The van der Waals surface area contributed by atoms with E-state index in [0.717, 1.165) is 49.4 Å². The standard InChI is InChI=1S/C22H31F3O2/c1-2-26-15-16-3-5-17(6-4-16)18-7-9-19(10-8-18)20-11-13-21(14-12-20)27-22(23,24)25/h11-14,16-19H,2-10,15H2,1H3. The Kier molecular flexibility index (Phi) is 7.07. The van der Waals surface area contributed by atoms with Crippen LogP contribution in [0.2, 0.25) is 0 Å². The first-order chi connectivity index (χ1) is 12.9. The van der Waals surface area contributed by atoms with E-state index in [1.165, 1.54) is 50.7 Å². The molecule has 0 amide bonds. The van der Waals surface area contributed by atoms with Crippen LogP contribution >= 0.6 is 0 Å². The molecule has 1 aromatic carbocycles. The highest BCUT2D eigenvalue weighted by atomic mass is 19.4. The van der Waals surface area contributed by atoms with Crippen LogP contribution < -0.4 is 4.74 Å². The Hall–Kier alpha value is -1.23. The first kappa shape index (κ1) is 20.5. The Morgan fingerprint density at radius 1 is 0.852 bits per heavy atom. The zero-order valence-corrected chi connectivity index (χ0v) is 16.1. The van der Waals surface area contributed by atoms with Gasteiger partial charge in [-0.05, 0) is 99.7 Å². The minimum Gasteiger partial charge on any atom is -0.406 e. The van der Waals surface area contributed by atoms with Crippen molar-refractivity contribution in [1.29, 1.82) is 0 Å². The summed E-state index contributed by atoms with van der Waals surface area (Å²) >= 11 is 0. The molecule has 0 spiro atoms. The van der Waals surface area contributed by atoms with E-state index in [2.05, 4.69) is 11.7 Å². The largest absolute Gasteiger partial charge is 0.573 e. The van der Waals surface area contributed by atoms with E-state index in [9.17, 15) is 13.2 Å². The molecular formula is C22H31F3O2. The van der Waals surface area contributed by atoms with Gasteiger partial charge in [0, 0.05) is 13.2 Å². The number of rotatable bonds is 6. The SMILES string of the molecule is CCOCC1CCC(C2CCC(c3ccc(OC(F)(F)F)cc3)CC2)CC1. The molecule has 0 saturated heterocycles. The third-order valence-electron chi connectivity index (χ3n) is 6.47. The Bertz CT molecular complexity index is 554. The molecule has 2 nitrogen and oxygen atoms in total. The number of ether oxygens (including phenoxy) is 2. The van der Waals surface area contributed by atoms with Crippen LogP contribution in [0.4, 0.5) is 13.2 Å². The van der Waals surface area contributed by atoms with Crippen molar-refractivity contribution in [3.8, 4) is 5.75 Å². The van der Waals surface area contributed by atoms with Crippen LogP contribution in [0.25, 0.3) is 0 Å². The van der Waals surface area contributed by atoms with Gasteiger partial charge < -0.3 is 9.47 Å². The molecule has 0 radical (unpaired) electrons. The molecule has 2 saturated carbocycles. The van der Waals surface area contributed by atoms with Crippen molar-refractivity contribution in [3.05, 3.63) is 29.8 Å². The number of hydrogen-bond donors (Lipinski definition) is 0. The summed E-state index contributed by atoms with van der Waals surface area (Å²) in [6, 6.07) is 6.47. The van der Waals surface area contributed by atoms with E-state index in [1.54, 1.807) is 12.1 Å². The second-order valence-electron chi connectivity index (χ2n) is 8.17. The predicted octanol–water partition coefficient (Wildman–Crippen LogP) is 6.70. The molecule has 0 N–H and O–H groups in total. The summed E-state index contributed by atoms with van der Waals surface area (Å²) in [6.07, 6.45) is 5.40. The van der Waals surface area contributed by atoms with Crippen molar-refractivity contribution in [2.75, 3.05) is 13.2 Å². The van der Waals surface area contributed by atoms with E-state index in [1.807, 2.05) is 0 Å². The van der Waals surface area contributed by atoms with E-state index in [4.69, 9.17) is 4.74 Å². The first-order valence-electron chi connectivity index (χ1n) is 10.4. The van der Waals surface area contributed by atoms with Gasteiger partial charge in [-0.1, -0.05) is 12.1 Å². The van der Waals surface area contributed by atoms with Gasteiger partial charge in [0.2, 0.25) is 0 Å². The van der Waals surface area contributed by atoms with Gasteiger partial charge >= 0.3 is 6.36 Å². The highest BCUT2D eigenvalue weighted by Crippen LogP contribution is 2.44. The molecule has 27 heavy (non-hydrogen) atoms. The minimum atomic E-state index is -4.62. The third-order valence-corrected chi connectivity index (χ3v) is 6.47. The van der Waals surface area contributed by atoms with E-state index < -0.39 is 6.36 Å². The summed E-state index contributed by atoms with van der Waals surface area (Å²) in [6.45, 7) is 3.79. The highest BCUT2D eigenvalue weighted by Gasteiger charge is 2.32. The lowest BCUT2D eigenvalue weighted by Crippen LogP contribution is -2.26. The quantitative estimate of drug-likeness (QED) is 0.543. The maximum absolute atomic E-state index is 12.3. The van der Waals surface area contributed by atoms with Crippen molar-refractivity contribution in [2.24, 2.45) is 17.8 Å². The lowest BCUT2D eigenvalue weighted by atomic mass is 9.68. The van der Waals surface area contributed by atoms with Gasteiger partial charge in [0.25, 0.3) is 0 Å². The van der Waals surface area contributed by atoms with Crippen LogP contribution in [0.1, 0.15) is 69.8 Å². The predicted molar refractivity (Wildman–Crippen MR) is 99.8 cm³/mol. The fourth-order valence-electron chi connectivity index (χ4n) is 4.98. The molecule has 0 aromatic heterocycles. The average molecular weight is 384 g/mol. The molecule has 5 heteroatoms. The molecule has 152 valence electrons. The summed E-state index contributed by atoms with van der Waals surface area (Å²) in [7, 11) is 0. The van der Waals surface area contributed by atoms with Crippen LogP contribution in [0.5, 0.6) is 5.75 Å². The molecule has 1 aromatic rings. The summed E-state index contributed by atoms with van der Waals surface area (Å²) < 4.78 is 46.4. The molecular weight excluding hydrogens is 353 g/mol. The van der Waals surface area contributed by atoms with Gasteiger partial charge in [-0.15, -0.1) is 13.2 Å². The van der Waals surface area contributed by atoms with E-state index in [-0.39, 0.29) is 5.75 Å². The number of hydrogen-bond acceptors (Lipinski definition) is 2. The summed E-state index contributed by atoms with van der Waals surface area (Å²) in [5.41, 5.74) is 1.14. The van der Waals surface area contributed by atoms with Crippen LogP contribution in [-0.2, 0) is 4.74 Å². The summed E-state index contributed by atoms with van der Waals surface area (Å²) in [4.78, 5) is 0. The van der Waals surface area contributed by atoms with Crippen LogP contribution in [0, 0.1) is 17.8 Å². The zero-order chi connectivity index (χ0) is 19.3. The van der Waals surface area contributed by atoms with Gasteiger partial charge in [-0.2, -0.15) is 0 Å². The number of benzene rings is 1. The topological polar surface area (TPSA) is 18.5 Å². The van der Waals surface area contributed by atoms with E-state index in [0.29, 0.717) is 5.92 Å². The van der Waals surface area contributed by atoms with Gasteiger partial charge in [0.1, 0.15) is 5.75 Å². The maximum atomic E-state index is 12.3. The smallest absolute Gasteiger partial charge is 0.406 e. The van der Waals surface area contributed by atoms with Crippen molar-refractivity contribution < 1.29 is 22.6 Å². The molecule has 0 heterocycles. The number of halogens is 3. The molecule has 0 unspecified atom stereocenters. The normalized spacial score (nSPS) is 29.5. The van der Waals surface area contributed by atoms with Crippen LogP contribution in [0.15, 0.2) is 24.3 Å². The monoisotopic (exact) mass is 384 g/mol. The maximum Gasteiger partial charge on any atom is 0.573 e. The van der Waals surface area contributed by atoms with Crippen molar-refractivity contribution >= 4 is 0 Å². The summed E-state index contributed by atoms with van der Waals surface area (Å²) in [5, 5.41) is 0. The molecule has 3 rings (SSSR count). The molecule has 0 atom stereocenters. The van der Waals surface area contributed by atoms with Crippen molar-refractivity contribution in [2.45, 2.75) is 70.6 Å². The third kappa shape index (κ3) is 6.13. The van der Waals surface area contributed by atoms with Crippen LogP contribution in [-0.4, -0.2) is 19.6 Å². The van der Waals surface area contributed by atoms with E-state index >= 15 is 0 Å². The highest BCUT2D eigenvalue weighted by molar-refractivity contribution is 5.29. The summed E-state index contributed by atoms with van der Waals surface area (Å²) in [5.74, 6) is 2.75. The lowest BCUT2D eigenvalue weighted by Gasteiger charge is -2.38. The second kappa shape index (κ2) is 9.31. The minimum absolute atomic E-state index is 0.135. The lowest BCUT2D eigenvalue weighted by molar-refractivity contribution is -0.274. The van der Waals surface area contributed by atoms with Gasteiger partial charge in [0.15, 0.2) is 0 Å².